The van der Waals surface area contributed by atoms with Gasteiger partial charge in [0.2, 0.25) is 0 Å². The standard InChI is InChI=1S/C24H32N2O/c1-23(2)16-20(17-24(3,4)26-23)25-22(27)21-13-9-8-12-19(21)15-14-18-10-6-5-7-11-18/h5-13,20,26H,14-17H2,1-4H3,(H,25,27). The third kappa shape index (κ3) is 5.43. The topological polar surface area (TPSA) is 41.1 Å². The molecule has 0 atom stereocenters. The van der Waals surface area contributed by atoms with Crippen molar-refractivity contribution < 1.29 is 4.79 Å². The monoisotopic (exact) mass is 364 g/mol. The number of hydrogen-bond acceptors (Lipinski definition) is 2. The lowest BCUT2D eigenvalue weighted by Crippen LogP contribution is -2.62. The van der Waals surface area contributed by atoms with Crippen molar-refractivity contribution in [2.24, 2.45) is 0 Å². The lowest BCUT2D eigenvalue weighted by atomic mass is 9.79. The summed E-state index contributed by atoms with van der Waals surface area (Å²) < 4.78 is 0. The SMILES string of the molecule is CC1(C)CC(NC(=O)c2ccccc2CCc2ccccc2)CC(C)(C)N1. The van der Waals surface area contributed by atoms with E-state index in [1.54, 1.807) is 0 Å². The molecule has 0 saturated carbocycles. The number of piperidine rings is 1. The van der Waals surface area contributed by atoms with Crippen LogP contribution in [0.4, 0.5) is 0 Å². The van der Waals surface area contributed by atoms with Crippen LogP contribution in [-0.2, 0) is 12.8 Å². The number of hydrogen-bond donors (Lipinski definition) is 2. The fourth-order valence-electron chi connectivity index (χ4n) is 4.57. The molecule has 0 unspecified atom stereocenters. The minimum absolute atomic E-state index is 0.0204. The van der Waals surface area contributed by atoms with Gasteiger partial charge in [0.15, 0.2) is 0 Å². The second-order valence-electron chi connectivity index (χ2n) is 9.11. The van der Waals surface area contributed by atoms with Crippen LogP contribution in [0.15, 0.2) is 54.6 Å². The summed E-state index contributed by atoms with van der Waals surface area (Å²) in [5, 5.41) is 6.98. The Balaban J connectivity index is 1.70. The molecule has 1 aliphatic rings. The zero-order valence-corrected chi connectivity index (χ0v) is 17.0. The Hall–Kier alpha value is -2.13. The number of amides is 1. The molecule has 144 valence electrons. The van der Waals surface area contributed by atoms with Crippen molar-refractivity contribution in [3.05, 3.63) is 71.3 Å². The van der Waals surface area contributed by atoms with Crippen LogP contribution in [0, 0.1) is 0 Å². The van der Waals surface area contributed by atoms with Gasteiger partial charge in [0.1, 0.15) is 0 Å². The molecule has 0 aliphatic carbocycles. The van der Waals surface area contributed by atoms with Gasteiger partial charge in [-0.05, 0) is 70.6 Å². The number of nitrogens with one attached hydrogen (secondary N) is 2. The van der Waals surface area contributed by atoms with Crippen molar-refractivity contribution in [1.29, 1.82) is 0 Å². The highest BCUT2D eigenvalue weighted by atomic mass is 16.1. The summed E-state index contributed by atoms with van der Waals surface area (Å²) in [6.45, 7) is 8.84. The van der Waals surface area contributed by atoms with E-state index in [1.165, 1.54) is 5.56 Å². The van der Waals surface area contributed by atoms with E-state index in [9.17, 15) is 4.79 Å². The summed E-state index contributed by atoms with van der Waals surface area (Å²) in [5.41, 5.74) is 3.27. The van der Waals surface area contributed by atoms with Crippen LogP contribution in [0.25, 0.3) is 0 Å². The molecule has 3 heteroatoms. The van der Waals surface area contributed by atoms with E-state index in [-0.39, 0.29) is 23.0 Å². The number of aryl methyl sites for hydroxylation is 2. The Labute approximate surface area is 163 Å². The molecule has 0 aromatic heterocycles. The van der Waals surface area contributed by atoms with Crippen LogP contribution >= 0.6 is 0 Å². The normalized spacial score (nSPS) is 18.8. The average Bonchev–Trinajstić information content (AvgIpc) is 2.58. The highest BCUT2D eigenvalue weighted by Gasteiger charge is 2.38. The molecule has 3 nitrogen and oxygen atoms in total. The molecule has 1 heterocycles. The van der Waals surface area contributed by atoms with Crippen LogP contribution in [0.5, 0.6) is 0 Å². The first kappa shape index (κ1) is 19.6. The smallest absolute Gasteiger partial charge is 0.251 e. The largest absolute Gasteiger partial charge is 0.349 e. The minimum atomic E-state index is 0.0204. The maximum Gasteiger partial charge on any atom is 0.251 e. The molecule has 1 amide bonds. The van der Waals surface area contributed by atoms with Gasteiger partial charge in [-0.1, -0.05) is 48.5 Å². The van der Waals surface area contributed by atoms with Crippen molar-refractivity contribution in [3.63, 3.8) is 0 Å². The van der Waals surface area contributed by atoms with E-state index in [0.29, 0.717) is 0 Å². The molecule has 1 saturated heterocycles. The molecule has 27 heavy (non-hydrogen) atoms. The van der Waals surface area contributed by atoms with E-state index < -0.39 is 0 Å². The fourth-order valence-corrected chi connectivity index (χ4v) is 4.57. The molecule has 3 rings (SSSR count). The number of rotatable bonds is 5. The summed E-state index contributed by atoms with van der Waals surface area (Å²) in [6.07, 6.45) is 3.69. The molecular weight excluding hydrogens is 332 g/mol. The maximum atomic E-state index is 13.0. The van der Waals surface area contributed by atoms with Crippen molar-refractivity contribution in [2.75, 3.05) is 0 Å². The Bertz CT molecular complexity index is 764. The Morgan fingerprint density at radius 3 is 2.19 bits per heavy atom. The molecule has 1 aliphatic heterocycles. The minimum Gasteiger partial charge on any atom is -0.349 e. The number of carbonyl (C=O) groups is 1. The molecule has 1 fully saturated rings. The molecule has 0 bridgehead atoms. The van der Waals surface area contributed by atoms with Crippen LogP contribution < -0.4 is 10.6 Å². The van der Waals surface area contributed by atoms with Crippen molar-refractivity contribution in [3.8, 4) is 0 Å². The summed E-state index contributed by atoms with van der Waals surface area (Å²) in [7, 11) is 0. The first-order valence-electron chi connectivity index (χ1n) is 9.96. The molecule has 2 aromatic carbocycles. The van der Waals surface area contributed by atoms with Gasteiger partial charge in [-0.3, -0.25) is 4.79 Å². The first-order chi connectivity index (χ1) is 12.7. The van der Waals surface area contributed by atoms with Gasteiger partial charge < -0.3 is 10.6 Å². The van der Waals surface area contributed by atoms with Crippen LogP contribution in [0.1, 0.15) is 62.0 Å². The van der Waals surface area contributed by atoms with Crippen LogP contribution in [0.3, 0.4) is 0 Å². The highest BCUT2D eigenvalue weighted by molar-refractivity contribution is 5.95. The summed E-state index contributed by atoms with van der Waals surface area (Å²) >= 11 is 0. The van der Waals surface area contributed by atoms with Gasteiger partial charge in [-0.2, -0.15) is 0 Å². The van der Waals surface area contributed by atoms with E-state index in [1.807, 2.05) is 24.3 Å². The predicted octanol–water partition coefficient (Wildman–Crippen LogP) is 4.51. The molecular formula is C24H32N2O. The van der Waals surface area contributed by atoms with Crippen LogP contribution in [0.2, 0.25) is 0 Å². The van der Waals surface area contributed by atoms with Gasteiger partial charge in [-0.25, -0.2) is 0 Å². The van der Waals surface area contributed by atoms with Crippen LogP contribution in [-0.4, -0.2) is 23.0 Å². The molecule has 0 radical (unpaired) electrons. The maximum absolute atomic E-state index is 13.0. The van der Waals surface area contributed by atoms with Gasteiger partial charge in [0, 0.05) is 22.7 Å². The van der Waals surface area contributed by atoms with Crippen molar-refractivity contribution in [1.82, 2.24) is 10.6 Å². The third-order valence-corrected chi connectivity index (χ3v) is 5.31. The Morgan fingerprint density at radius 1 is 0.926 bits per heavy atom. The highest BCUT2D eigenvalue weighted by Crippen LogP contribution is 2.28. The zero-order chi connectivity index (χ0) is 19.5. The number of benzene rings is 2. The van der Waals surface area contributed by atoms with E-state index in [0.717, 1.165) is 36.8 Å². The van der Waals surface area contributed by atoms with E-state index in [4.69, 9.17) is 0 Å². The zero-order valence-electron chi connectivity index (χ0n) is 17.0. The predicted molar refractivity (Wildman–Crippen MR) is 112 cm³/mol. The second kappa shape index (κ2) is 7.85. The molecule has 2 N–H and O–H groups in total. The van der Waals surface area contributed by atoms with Gasteiger partial charge in [0.25, 0.3) is 5.91 Å². The molecule has 2 aromatic rings. The van der Waals surface area contributed by atoms with Crippen molar-refractivity contribution >= 4 is 5.91 Å². The Morgan fingerprint density at radius 2 is 1.52 bits per heavy atom. The fraction of sp³-hybridized carbons (Fsp3) is 0.458. The first-order valence-corrected chi connectivity index (χ1v) is 9.96. The number of carbonyl (C=O) groups excluding carboxylic acids is 1. The van der Waals surface area contributed by atoms with E-state index >= 15 is 0 Å². The van der Waals surface area contributed by atoms with Gasteiger partial charge in [0.05, 0.1) is 0 Å². The average molecular weight is 365 g/mol. The van der Waals surface area contributed by atoms with E-state index in [2.05, 4.69) is 68.7 Å². The lowest BCUT2D eigenvalue weighted by Gasteiger charge is -2.46. The molecule has 0 spiro atoms. The lowest BCUT2D eigenvalue weighted by molar-refractivity contribution is 0.0872. The summed E-state index contributed by atoms with van der Waals surface area (Å²) in [4.78, 5) is 13.0. The summed E-state index contributed by atoms with van der Waals surface area (Å²) in [5.74, 6) is 0.0529. The quantitative estimate of drug-likeness (QED) is 0.819. The Kier molecular flexibility index (Phi) is 5.71. The van der Waals surface area contributed by atoms with Gasteiger partial charge >= 0.3 is 0 Å². The third-order valence-electron chi connectivity index (χ3n) is 5.31. The van der Waals surface area contributed by atoms with Gasteiger partial charge in [-0.15, -0.1) is 0 Å². The second-order valence-corrected chi connectivity index (χ2v) is 9.11. The van der Waals surface area contributed by atoms with Crippen molar-refractivity contribution in [2.45, 2.75) is 70.5 Å². The summed E-state index contributed by atoms with van der Waals surface area (Å²) in [6, 6.07) is 18.6.